The number of allylic oxidation sites excluding steroid dienone is 1. The molecule has 11 nitrogen and oxygen atoms in total. The summed E-state index contributed by atoms with van der Waals surface area (Å²) in [5.41, 5.74) is 4.60. The molecule has 1 fully saturated rings. The molecule has 5 N–H and O–H groups in total. The molecule has 2 amide bonds. The predicted molar refractivity (Wildman–Crippen MR) is 116 cm³/mol. The lowest BCUT2D eigenvalue weighted by atomic mass is 9.86. The quantitative estimate of drug-likeness (QED) is 0.194. The van der Waals surface area contributed by atoms with Crippen LogP contribution in [0.2, 0.25) is 4.34 Å². The number of rotatable bonds is 6. The van der Waals surface area contributed by atoms with Gasteiger partial charge in [0.1, 0.15) is 21.8 Å². The maximum Gasteiger partial charge on any atom is 0.353 e. The second kappa shape index (κ2) is 8.96. The van der Waals surface area contributed by atoms with Crippen LogP contribution in [0, 0.1) is 5.82 Å². The molecule has 2 aromatic rings. The number of carboxylic acid groups (broad SMARTS) is 1. The van der Waals surface area contributed by atoms with Crippen molar-refractivity contribution in [2.45, 2.75) is 29.8 Å². The maximum atomic E-state index is 14.0. The Morgan fingerprint density at radius 1 is 1.45 bits per heavy atom. The van der Waals surface area contributed by atoms with Gasteiger partial charge in [0.15, 0.2) is 16.7 Å². The fourth-order valence-corrected chi connectivity index (χ4v) is 5.55. The van der Waals surface area contributed by atoms with Crippen molar-refractivity contribution in [2.24, 2.45) is 5.16 Å². The van der Waals surface area contributed by atoms with E-state index in [9.17, 15) is 29.1 Å². The minimum absolute atomic E-state index is 0.0239. The van der Waals surface area contributed by atoms with E-state index in [0.29, 0.717) is 11.3 Å². The largest absolute Gasteiger partial charge is 0.477 e. The van der Waals surface area contributed by atoms with Gasteiger partial charge in [0.05, 0.1) is 17.1 Å². The molecule has 0 aliphatic carbocycles. The summed E-state index contributed by atoms with van der Waals surface area (Å²) in [5.74, 6) is -3.56. The number of carboxylic acids is 1. The van der Waals surface area contributed by atoms with Gasteiger partial charge in [0, 0.05) is 11.1 Å². The van der Waals surface area contributed by atoms with Crippen LogP contribution in [0.4, 0.5) is 9.52 Å². The van der Waals surface area contributed by atoms with Gasteiger partial charge in [-0.2, -0.15) is 0 Å². The molecule has 1 saturated heterocycles. The third-order valence-corrected chi connectivity index (χ3v) is 7.27. The Bertz CT molecular complexity index is 1230. The molecule has 172 valence electrons. The van der Waals surface area contributed by atoms with E-state index in [1.807, 2.05) is 0 Å². The smallest absolute Gasteiger partial charge is 0.353 e. The highest BCUT2D eigenvalue weighted by molar-refractivity contribution is 8.03. The van der Waals surface area contributed by atoms with Crippen molar-refractivity contribution < 1.29 is 29.1 Å². The van der Waals surface area contributed by atoms with Crippen LogP contribution in [-0.2, 0) is 14.4 Å². The van der Waals surface area contributed by atoms with E-state index >= 15 is 0 Å². The van der Waals surface area contributed by atoms with E-state index in [1.165, 1.54) is 12.3 Å². The molecule has 0 aromatic carbocycles. The number of pyridine rings is 1. The number of carbonyl (C=O) groups is 3. The van der Waals surface area contributed by atoms with Crippen molar-refractivity contribution in [1.82, 2.24) is 20.2 Å². The van der Waals surface area contributed by atoms with Gasteiger partial charge < -0.3 is 21.4 Å². The molecular weight excluding hydrogens is 499 g/mol. The number of thiazole rings is 1. The molecule has 0 unspecified atom stereocenters. The number of nitrogens with one attached hydrogen (secondary N) is 1. The fourth-order valence-electron chi connectivity index (χ4n) is 3.58. The van der Waals surface area contributed by atoms with Crippen LogP contribution >= 0.6 is 34.7 Å². The zero-order valence-electron chi connectivity index (χ0n) is 16.4. The van der Waals surface area contributed by atoms with E-state index in [4.69, 9.17) is 17.3 Å². The fraction of sp³-hybridized carbons (Fsp3) is 0.222. The van der Waals surface area contributed by atoms with Crippen LogP contribution in [0.3, 0.4) is 0 Å². The number of aliphatic carboxylic acids is 1. The minimum atomic E-state index is -1.35. The highest BCUT2D eigenvalue weighted by Crippen LogP contribution is 2.43. The van der Waals surface area contributed by atoms with Gasteiger partial charge in [0.2, 0.25) is 0 Å². The van der Waals surface area contributed by atoms with E-state index in [0.717, 1.165) is 34.2 Å². The Kier molecular flexibility index (Phi) is 6.23. The first kappa shape index (κ1) is 22.9. The summed E-state index contributed by atoms with van der Waals surface area (Å²) in [6.07, 6.45) is 2.95. The second-order valence-corrected chi connectivity index (χ2v) is 9.64. The number of nitrogens with zero attached hydrogens (tertiary/aromatic N) is 4. The molecule has 0 bridgehead atoms. The molecule has 2 aliphatic rings. The number of β-lactam (4-membered cyclic amide) rings is 1. The number of carbonyl (C=O) groups excluding carboxylic acids is 2. The van der Waals surface area contributed by atoms with Gasteiger partial charge in [-0.05, 0) is 18.9 Å². The Morgan fingerprint density at radius 3 is 2.82 bits per heavy atom. The second-order valence-electron chi connectivity index (χ2n) is 6.87. The summed E-state index contributed by atoms with van der Waals surface area (Å²) in [5, 5.41) is 24.4. The van der Waals surface area contributed by atoms with Gasteiger partial charge >= 0.3 is 5.97 Å². The number of fused-ring (bicyclic) bond motifs is 1. The Balaban J connectivity index is 1.55. The number of aromatic nitrogens is 2. The average Bonchev–Trinajstić information content (AvgIpc) is 3.11. The topological polar surface area (TPSA) is 171 Å². The SMILES string of the molecule is Nc1nc(/C(=N/O)C(=O)N[C@@H]2C(=O)N3C(C(=O)O)=C(Sc4ccncc4F)CC[C@H]23)c(Cl)s1. The number of thioether (sulfide) groups is 1. The highest BCUT2D eigenvalue weighted by Gasteiger charge is 2.54. The molecule has 0 radical (unpaired) electrons. The van der Waals surface area contributed by atoms with Gasteiger partial charge in [-0.15, -0.1) is 0 Å². The molecule has 0 spiro atoms. The Morgan fingerprint density at radius 2 is 2.21 bits per heavy atom. The first-order chi connectivity index (χ1) is 15.7. The van der Waals surface area contributed by atoms with E-state index in [1.54, 1.807) is 0 Å². The number of nitrogen functional groups attached to an aromatic ring is 1. The van der Waals surface area contributed by atoms with Crippen LogP contribution in [0.25, 0.3) is 0 Å². The van der Waals surface area contributed by atoms with Crippen molar-refractivity contribution in [2.75, 3.05) is 5.73 Å². The lowest BCUT2D eigenvalue weighted by Crippen LogP contribution is -2.72. The van der Waals surface area contributed by atoms with Crippen LogP contribution in [0.1, 0.15) is 18.5 Å². The van der Waals surface area contributed by atoms with E-state index < -0.39 is 41.4 Å². The zero-order chi connectivity index (χ0) is 23.9. The number of nitrogens with two attached hydrogens (primary N) is 1. The summed E-state index contributed by atoms with van der Waals surface area (Å²) in [6.45, 7) is 0. The molecule has 2 aliphatic heterocycles. The van der Waals surface area contributed by atoms with Crippen LogP contribution in [-0.4, -0.2) is 60.8 Å². The summed E-state index contributed by atoms with van der Waals surface area (Å²) < 4.78 is 14.0. The molecule has 4 rings (SSSR count). The summed E-state index contributed by atoms with van der Waals surface area (Å²) in [4.78, 5) is 46.4. The van der Waals surface area contributed by atoms with Gasteiger partial charge in [-0.3, -0.25) is 19.5 Å². The van der Waals surface area contributed by atoms with Crippen LogP contribution in [0.15, 0.2) is 39.1 Å². The van der Waals surface area contributed by atoms with Gasteiger partial charge in [-0.25, -0.2) is 14.2 Å². The van der Waals surface area contributed by atoms with E-state index in [2.05, 4.69) is 20.4 Å². The van der Waals surface area contributed by atoms with Gasteiger partial charge in [-0.1, -0.05) is 39.9 Å². The van der Waals surface area contributed by atoms with Crippen LogP contribution in [0.5, 0.6) is 0 Å². The van der Waals surface area contributed by atoms with Crippen molar-refractivity contribution in [3.8, 4) is 0 Å². The number of halogens is 2. The zero-order valence-corrected chi connectivity index (χ0v) is 18.7. The molecule has 15 heteroatoms. The third kappa shape index (κ3) is 4.12. The summed E-state index contributed by atoms with van der Waals surface area (Å²) in [6, 6.07) is -0.288. The predicted octanol–water partition coefficient (Wildman–Crippen LogP) is 1.67. The van der Waals surface area contributed by atoms with Crippen LogP contribution < -0.4 is 11.1 Å². The average molecular weight is 513 g/mol. The molecule has 0 saturated carbocycles. The van der Waals surface area contributed by atoms with E-state index in [-0.39, 0.29) is 32.2 Å². The van der Waals surface area contributed by atoms with Crippen molar-refractivity contribution in [3.05, 3.63) is 44.9 Å². The number of anilines is 1. The molecular formula is C18H14ClFN6O5S2. The lowest BCUT2D eigenvalue weighted by molar-refractivity contribution is -0.155. The first-order valence-corrected chi connectivity index (χ1v) is 11.3. The number of hydrogen-bond acceptors (Lipinski definition) is 10. The molecule has 2 aromatic heterocycles. The third-order valence-electron chi connectivity index (χ3n) is 4.99. The highest BCUT2D eigenvalue weighted by atomic mass is 35.5. The molecule has 2 atom stereocenters. The standard InChI is InChI=1S/C18H14ClFN6O5S2/c19-14-11(24-18(21)33-14)12(25-31)15(27)23-10-7-1-2-9(13(17(29)30)26(7)16(10)28)32-8-3-4-22-5-6(8)20/h3-5,7,10,31H,1-2H2,(H2,21,24)(H,23,27)(H,29,30)/b25-12-/t7-,10+/m1/s1. The summed E-state index contributed by atoms with van der Waals surface area (Å²) >= 11 is 7.74. The Labute approximate surface area is 198 Å². The number of oxime groups is 1. The number of hydrogen-bond donors (Lipinski definition) is 4. The van der Waals surface area contributed by atoms with Gasteiger partial charge in [0.25, 0.3) is 11.8 Å². The first-order valence-electron chi connectivity index (χ1n) is 9.24. The summed E-state index contributed by atoms with van der Waals surface area (Å²) in [7, 11) is 0. The normalized spacial score (nSPS) is 20.4. The molecule has 33 heavy (non-hydrogen) atoms. The van der Waals surface area contributed by atoms with Crippen molar-refractivity contribution in [3.63, 3.8) is 0 Å². The van der Waals surface area contributed by atoms with Crippen molar-refractivity contribution in [1.29, 1.82) is 0 Å². The van der Waals surface area contributed by atoms with Crippen molar-refractivity contribution >= 4 is 63.3 Å². The lowest BCUT2D eigenvalue weighted by Gasteiger charge is -2.50. The minimum Gasteiger partial charge on any atom is -0.477 e. The maximum absolute atomic E-state index is 14.0. The molecule has 4 heterocycles. The Hall–Kier alpha value is -3.23. The number of amides is 2. The monoisotopic (exact) mass is 512 g/mol.